The minimum atomic E-state index is -0.150. The van der Waals surface area contributed by atoms with Gasteiger partial charge in [0.05, 0.1) is 19.3 Å². The second-order valence-corrected chi connectivity index (χ2v) is 6.06. The van der Waals surface area contributed by atoms with E-state index in [1.807, 2.05) is 19.1 Å². The SMILES string of the molecule is CCC(=O)Nc1nc(C)nc(NC(CC)COCc2ccc(C=O)cc2)n1. The molecular weight excluding hydrogens is 346 g/mol. The molecule has 2 aromatic rings. The fourth-order valence-electron chi connectivity index (χ4n) is 2.27. The first-order chi connectivity index (χ1) is 13.0. The van der Waals surface area contributed by atoms with Gasteiger partial charge in [-0.25, -0.2) is 0 Å². The molecule has 1 aromatic heterocycles. The smallest absolute Gasteiger partial charge is 0.234 e. The van der Waals surface area contributed by atoms with Crippen LogP contribution in [0.25, 0.3) is 0 Å². The van der Waals surface area contributed by atoms with E-state index in [-0.39, 0.29) is 17.9 Å². The first kappa shape index (κ1) is 20.4. The number of aromatic nitrogens is 3. The van der Waals surface area contributed by atoms with Gasteiger partial charge in [0, 0.05) is 12.0 Å². The molecule has 0 saturated carbocycles. The fourth-order valence-corrected chi connectivity index (χ4v) is 2.27. The van der Waals surface area contributed by atoms with E-state index in [9.17, 15) is 9.59 Å². The van der Waals surface area contributed by atoms with Crippen molar-refractivity contribution in [3.8, 4) is 0 Å². The van der Waals surface area contributed by atoms with Crippen molar-refractivity contribution in [3.05, 3.63) is 41.2 Å². The molecule has 0 aliphatic rings. The highest BCUT2D eigenvalue weighted by molar-refractivity contribution is 5.88. The molecular formula is C19H25N5O3. The van der Waals surface area contributed by atoms with Crippen molar-refractivity contribution < 1.29 is 14.3 Å². The van der Waals surface area contributed by atoms with Gasteiger partial charge < -0.3 is 10.1 Å². The number of aldehydes is 1. The second kappa shape index (κ2) is 10.3. The summed E-state index contributed by atoms with van der Waals surface area (Å²) in [7, 11) is 0. The molecule has 1 aromatic carbocycles. The first-order valence-corrected chi connectivity index (χ1v) is 8.95. The van der Waals surface area contributed by atoms with Crippen molar-refractivity contribution in [3.63, 3.8) is 0 Å². The van der Waals surface area contributed by atoms with Gasteiger partial charge in [-0.15, -0.1) is 0 Å². The molecule has 8 heteroatoms. The summed E-state index contributed by atoms with van der Waals surface area (Å²) in [5, 5.41) is 5.86. The highest BCUT2D eigenvalue weighted by Gasteiger charge is 2.11. The summed E-state index contributed by atoms with van der Waals surface area (Å²) in [6.45, 7) is 6.46. The van der Waals surface area contributed by atoms with Crippen LogP contribution in [0.15, 0.2) is 24.3 Å². The van der Waals surface area contributed by atoms with Gasteiger partial charge in [-0.3, -0.25) is 14.9 Å². The van der Waals surface area contributed by atoms with Crippen LogP contribution in [0.1, 0.15) is 48.4 Å². The topological polar surface area (TPSA) is 106 Å². The molecule has 2 rings (SSSR count). The van der Waals surface area contributed by atoms with Crippen LogP contribution >= 0.6 is 0 Å². The second-order valence-electron chi connectivity index (χ2n) is 6.06. The molecule has 0 radical (unpaired) electrons. The van der Waals surface area contributed by atoms with Crippen molar-refractivity contribution in [2.45, 2.75) is 46.3 Å². The number of aryl methyl sites for hydroxylation is 1. The van der Waals surface area contributed by atoms with E-state index in [4.69, 9.17) is 4.74 Å². The molecule has 0 spiro atoms. The fraction of sp³-hybridized carbons (Fsp3) is 0.421. The van der Waals surface area contributed by atoms with Crippen LogP contribution in [0.2, 0.25) is 0 Å². The number of benzene rings is 1. The van der Waals surface area contributed by atoms with E-state index >= 15 is 0 Å². The Balaban J connectivity index is 1.91. The predicted molar refractivity (Wildman–Crippen MR) is 103 cm³/mol. The van der Waals surface area contributed by atoms with E-state index in [0.29, 0.717) is 37.0 Å². The van der Waals surface area contributed by atoms with Crippen molar-refractivity contribution in [1.29, 1.82) is 0 Å². The van der Waals surface area contributed by atoms with Crippen LogP contribution in [0.4, 0.5) is 11.9 Å². The zero-order valence-corrected chi connectivity index (χ0v) is 15.9. The van der Waals surface area contributed by atoms with E-state index in [1.54, 1.807) is 26.0 Å². The third-order valence-corrected chi connectivity index (χ3v) is 3.85. The Morgan fingerprint density at radius 3 is 2.48 bits per heavy atom. The molecule has 2 N–H and O–H groups in total. The normalized spacial score (nSPS) is 11.7. The summed E-state index contributed by atoms with van der Waals surface area (Å²) in [5.74, 6) is 1.01. The van der Waals surface area contributed by atoms with Gasteiger partial charge in [0.25, 0.3) is 0 Å². The molecule has 144 valence electrons. The van der Waals surface area contributed by atoms with E-state index in [0.717, 1.165) is 18.3 Å². The molecule has 1 atom stereocenters. The summed E-state index contributed by atoms with van der Waals surface area (Å²) in [4.78, 5) is 34.8. The minimum Gasteiger partial charge on any atom is -0.375 e. The molecule has 0 bridgehead atoms. The number of carbonyl (C=O) groups excluding carboxylic acids is 2. The Kier molecular flexibility index (Phi) is 7.81. The van der Waals surface area contributed by atoms with Crippen molar-refractivity contribution in [1.82, 2.24) is 15.0 Å². The van der Waals surface area contributed by atoms with E-state index in [1.165, 1.54) is 0 Å². The largest absolute Gasteiger partial charge is 0.375 e. The van der Waals surface area contributed by atoms with Gasteiger partial charge in [-0.1, -0.05) is 38.1 Å². The molecule has 27 heavy (non-hydrogen) atoms. The van der Waals surface area contributed by atoms with Gasteiger partial charge in [0.1, 0.15) is 12.1 Å². The quantitative estimate of drug-likeness (QED) is 0.619. The number of anilines is 2. The average Bonchev–Trinajstić information content (AvgIpc) is 2.67. The average molecular weight is 371 g/mol. The highest BCUT2D eigenvalue weighted by Crippen LogP contribution is 2.10. The lowest BCUT2D eigenvalue weighted by Gasteiger charge is -2.17. The summed E-state index contributed by atoms with van der Waals surface area (Å²) in [5.41, 5.74) is 1.64. The first-order valence-electron chi connectivity index (χ1n) is 8.95. The Hall–Kier alpha value is -2.87. The molecule has 0 aliphatic carbocycles. The number of rotatable bonds is 10. The third kappa shape index (κ3) is 6.74. The lowest BCUT2D eigenvalue weighted by Crippen LogP contribution is -2.26. The van der Waals surface area contributed by atoms with E-state index < -0.39 is 0 Å². The molecule has 0 aliphatic heterocycles. The molecule has 1 unspecified atom stereocenters. The summed E-state index contributed by atoms with van der Waals surface area (Å²) < 4.78 is 5.77. The van der Waals surface area contributed by atoms with E-state index in [2.05, 4.69) is 25.6 Å². The number of nitrogens with zero attached hydrogens (tertiary/aromatic N) is 3. The molecule has 0 saturated heterocycles. The van der Waals surface area contributed by atoms with Crippen LogP contribution < -0.4 is 10.6 Å². The van der Waals surface area contributed by atoms with Crippen LogP contribution in [-0.2, 0) is 16.1 Å². The third-order valence-electron chi connectivity index (χ3n) is 3.85. The van der Waals surface area contributed by atoms with Gasteiger partial charge in [-0.2, -0.15) is 15.0 Å². The van der Waals surface area contributed by atoms with Crippen molar-refractivity contribution in [2.75, 3.05) is 17.2 Å². The maximum atomic E-state index is 11.5. The van der Waals surface area contributed by atoms with Crippen LogP contribution in [0.3, 0.4) is 0 Å². The van der Waals surface area contributed by atoms with Crippen molar-refractivity contribution >= 4 is 24.1 Å². The Bertz CT molecular complexity index is 764. The molecule has 0 fully saturated rings. The molecule has 1 amide bonds. The standard InChI is InChI=1S/C19H25N5O3/c1-4-16(12-27-11-15-8-6-14(10-25)7-9-15)22-18-20-13(3)21-19(24-18)23-17(26)5-2/h6-10,16H,4-5,11-12H2,1-3H3,(H2,20,21,22,23,24,26). The van der Waals surface area contributed by atoms with Gasteiger partial charge in [0.15, 0.2) is 0 Å². The minimum absolute atomic E-state index is 0.00998. The summed E-state index contributed by atoms with van der Waals surface area (Å²) in [6, 6.07) is 7.28. The number of hydrogen-bond acceptors (Lipinski definition) is 7. The zero-order chi connectivity index (χ0) is 19.6. The number of nitrogens with one attached hydrogen (secondary N) is 2. The van der Waals surface area contributed by atoms with Crippen LogP contribution in [-0.4, -0.2) is 39.8 Å². The van der Waals surface area contributed by atoms with Crippen LogP contribution in [0.5, 0.6) is 0 Å². The maximum absolute atomic E-state index is 11.5. The number of ether oxygens (including phenoxy) is 1. The molecule has 8 nitrogen and oxygen atoms in total. The summed E-state index contributed by atoms with van der Waals surface area (Å²) >= 11 is 0. The van der Waals surface area contributed by atoms with Crippen LogP contribution in [0, 0.1) is 6.92 Å². The highest BCUT2D eigenvalue weighted by atomic mass is 16.5. The van der Waals surface area contributed by atoms with Gasteiger partial charge in [0.2, 0.25) is 17.8 Å². The Morgan fingerprint density at radius 2 is 1.85 bits per heavy atom. The lowest BCUT2D eigenvalue weighted by molar-refractivity contribution is -0.115. The number of carbonyl (C=O) groups is 2. The molecule has 1 heterocycles. The number of amides is 1. The lowest BCUT2D eigenvalue weighted by atomic mass is 10.1. The van der Waals surface area contributed by atoms with Crippen molar-refractivity contribution in [2.24, 2.45) is 0 Å². The Labute approximate surface area is 158 Å². The summed E-state index contributed by atoms with van der Waals surface area (Å²) in [6.07, 6.45) is 1.98. The zero-order valence-electron chi connectivity index (χ0n) is 15.9. The maximum Gasteiger partial charge on any atom is 0.234 e. The predicted octanol–water partition coefficient (Wildman–Crippen LogP) is 2.75. The monoisotopic (exact) mass is 371 g/mol. The Morgan fingerprint density at radius 1 is 1.15 bits per heavy atom. The van der Waals surface area contributed by atoms with Gasteiger partial charge >= 0.3 is 0 Å². The van der Waals surface area contributed by atoms with Gasteiger partial charge in [-0.05, 0) is 18.9 Å². The number of hydrogen-bond donors (Lipinski definition) is 2.